The topological polar surface area (TPSA) is 88.9 Å². The van der Waals surface area contributed by atoms with Gasteiger partial charge in [0.15, 0.2) is 0 Å². The predicted octanol–water partition coefficient (Wildman–Crippen LogP) is 1.93. The molecule has 0 radical (unpaired) electrons. The van der Waals surface area contributed by atoms with E-state index in [1.165, 1.54) is 0 Å². The van der Waals surface area contributed by atoms with E-state index in [0.29, 0.717) is 17.7 Å². The number of nitrogens with zero attached hydrogens (tertiary/aromatic N) is 5. The van der Waals surface area contributed by atoms with Gasteiger partial charge < -0.3 is 14.8 Å². The van der Waals surface area contributed by atoms with Crippen LogP contribution in [0.15, 0.2) is 42.9 Å². The number of carbonyl (C=O) groups is 1. The Morgan fingerprint density at radius 3 is 2.88 bits per heavy atom. The number of carbonyl (C=O) groups excluding carboxylic acids is 1. The summed E-state index contributed by atoms with van der Waals surface area (Å²) in [7, 11) is 0. The van der Waals surface area contributed by atoms with Crippen molar-refractivity contribution < 1.29 is 4.79 Å². The summed E-state index contributed by atoms with van der Waals surface area (Å²) >= 11 is 0. The lowest BCUT2D eigenvalue weighted by molar-refractivity contribution is 0.0725. The van der Waals surface area contributed by atoms with Crippen molar-refractivity contribution in [3.05, 3.63) is 54.0 Å². The normalized spacial score (nSPS) is 21.3. The second kappa shape index (κ2) is 5.56. The highest BCUT2D eigenvalue weighted by Crippen LogP contribution is 2.36. The first-order valence-electron chi connectivity index (χ1n) is 8.61. The zero-order chi connectivity index (χ0) is 17.7. The van der Waals surface area contributed by atoms with Crippen molar-refractivity contribution >= 4 is 22.8 Å². The molecule has 2 unspecified atom stereocenters. The van der Waals surface area contributed by atoms with E-state index in [9.17, 15) is 10.1 Å². The van der Waals surface area contributed by atoms with Crippen molar-refractivity contribution in [1.29, 1.82) is 5.26 Å². The zero-order valence-corrected chi connectivity index (χ0v) is 14.0. The summed E-state index contributed by atoms with van der Waals surface area (Å²) in [6.07, 6.45) is 4.37. The first-order chi connectivity index (χ1) is 12.8. The monoisotopic (exact) mass is 344 g/mol. The molecular weight excluding hydrogens is 328 g/mol. The molecule has 2 aliphatic heterocycles. The smallest absolute Gasteiger partial charge is 0.255 e. The van der Waals surface area contributed by atoms with Gasteiger partial charge in [-0.15, -0.1) is 0 Å². The molecule has 128 valence electrons. The van der Waals surface area contributed by atoms with Gasteiger partial charge in [0.2, 0.25) is 0 Å². The molecule has 0 aliphatic carbocycles. The fourth-order valence-electron chi connectivity index (χ4n) is 4.18. The molecule has 26 heavy (non-hydrogen) atoms. The highest BCUT2D eigenvalue weighted by atomic mass is 16.2. The van der Waals surface area contributed by atoms with Crippen LogP contribution in [0.5, 0.6) is 0 Å². The van der Waals surface area contributed by atoms with E-state index in [1.807, 2.05) is 17.2 Å². The van der Waals surface area contributed by atoms with Crippen molar-refractivity contribution in [3.63, 3.8) is 0 Å². The predicted molar refractivity (Wildman–Crippen MR) is 95.6 cm³/mol. The van der Waals surface area contributed by atoms with Crippen LogP contribution in [0.2, 0.25) is 0 Å². The third-order valence-electron chi connectivity index (χ3n) is 5.38. The molecule has 1 N–H and O–H groups in total. The Morgan fingerprint density at radius 2 is 2.08 bits per heavy atom. The molecule has 7 nitrogen and oxygen atoms in total. The molecule has 1 aromatic carbocycles. The standard InChI is InChI=1S/C19H16N6O/c20-8-12-3-1-2-4-15(12)19(26)25-10-13-7-14(25)9-24(13)18-16-5-6-21-17(16)22-11-23-18/h1-6,11,13-14H,7,9-10H2,(H,21,22,23). The van der Waals surface area contributed by atoms with Crippen molar-refractivity contribution in [1.82, 2.24) is 19.9 Å². The summed E-state index contributed by atoms with van der Waals surface area (Å²) in [5.74, 6) is 0.872. The number of likely N-dealkylation sites (tertiary alicyclic amines) is 1. The third kappa shape index (κ3) is 2.09. The van der Waals surface area contributed by atoms with E-state index in [1.54, 1.807) is 30.6 Å². The van der Waals surface area contributed by atoms with Crippen molar-refractivity contribution in [2.45, 2.75) is 18.5 Å². The maximum atomic E-state index is 13.0. The van der Waals surface area contributed by atoms with Crippen LogP contribution < -0.4 is 4.90 Å². The maximum absolute atomic E-state index is 13.0. The van der Waals surface area contributed by atoms with E-state index in [4.69, 9.17) is 0 Å². The van der Waals surface area contributed by atoms with Crippen LogP contribution in [0.3, 0.4) is 0 Å². The molecule has 2 saturated heterocycles. The summed E-state index contributed by atoms with van der Waals surface area (Å²) in [4.78, 5) is 29.0. The van der Waals surface area contributed by atoms with Crippen LogP contribution in [-0.4, -0.2) is 50.9 Å². The average molecular weight is 344 g/mol. The van der Waals surface area contributed by atoms with Crippen LogP contribution >= 0.6 is 0 Å². The average Bonchev–Trinajstić information content (AvgIpc) is 3.41. The molecule has 4 heterocycles. The quantitative estimate of drug-likeness (QED) is 0.767. The number of rotatable bonds is 2. The lowest BCUT2D eigenvalue weighted by Gasteiger charge is -2.35. The maximum Gasteiger partial charge on any atom is 0.255 e. The minimum atomic E-state index is -0.0521. The van der Waals surface area contributed by atoms with E-state index >= 15 is 0 Å². The fraction of sp³-hybridized carbons (Fsp3) is 0.263. The van der Waals surface area contributed by atoms with Gasteiger partial charge in [-0.2, -0.15) is 5.26 Å². The number of fused-ring (bicyclic) bond motifs is 3. The highest BCUT2D eigenvalue weighted by Gasteiger charge is 2.46. The van der Waals surface area contributed by atoms with Gasteiger partial charge >= 0.3 is 0 Å². The van der Waals surface area contributed by atoms with Gasteiger partial charge in [0, 0.05) is 19.3 Å². The van der Waals surface area contributed by atoms with Crippen LogP contribution in [0, 0.1) is 11.3 Å². The molecule has 1 amide bonds. The highest BCUT2D eigenvalue weighted by molar-refractivity contribution is 5.97. The SMILES string of the molecule is N#Cc1ccccc1C(=O)N1CC2CC1CN2c1ncnc2[nH]ccc12. The van der Waals surface area contributed by atoms with Crippen molar-refractivity contribution in [2.75, 3.05) is 18.0 Å². The number of piperazine rings is 1. The van der Waals surface area contributed by atoms with Crippen molar-refractivity contribution in [2.24, 2.45) is 0 Å². The molecular formula is C19H16N6O. The number of amides is 1. The van der Waals surface area contributed by atoms with Gasteiger partial charge in [0.1, 0.15) is 17.8 Å². The Balaban J connectivity index is 1.42. The Kier molecular flexibility index (Phi) is 3.19. The van der Waals surface area contributed by atoms with E-state index in [0.717, 1.165) is 29.8 Å². The summed E-state index contributed by atoms with van der Waals surface area (Å²) in [6.45, 7) is 1.40. The number of nitriles is 1. The zero-order valence-electron chi connectivity index (χ0n) is 14.0. The van der Waals surface area contributed by atoms with Gasteiger partial charge in [0.05, 0.1) is 34.7 Å². The number of hydrogen-bond donors (Lipinski definition) is 1. The van der Waals surface area contributed by atoms with Crippen LogP contribution in [0.1, 0.15) is 22.3 Å². The molecule has 3 aromatic rings. The summed E-state index contributed by atoms with van der Waals surface area (Å²) in [5, 5.41) is 10.3. The molecule has 7 heteroatoms. The van der Waals surface area contributed by atoms with Crippen LogP contribution in [-0.2, 0) is 0 Å². The molecule has 0 spiro atoms. The van der Waals surface area contributed by atoms with Gasteiger partial charge in [-0.1, -0.05) is 12.1 Å². The molecule has 2 fully saturated rings. The number of aromatic nitrogens is 3. The van der Waals surface area contributed by atoms with Gasteiger partial charge in [-0.3, -0.25) is 4.79 Å². The number of H-pyrrole nitrogens is 1. The molecule has 2 bridgehead atoms. The van der Waals surface area contributed by atoms with E-state index < -0.39 is 0 Å². The number of anilines is 1. The molecule has 5 rings (SSSR count). The van der Waals surface area contributed by atoms with Gasteiger partial charge in [0.25, 0.3) is 5.91 Å². The van der Waals surface area contributed by atoms with E-state index in [-0.39, 0.29) is 18.0 Å². The summed E-state index contributed by atoms with van der Waals surface area (Å²) in [6, 6.07) is 11.5. The third-order valence-corrected chi connectivity index (χ3v) is 5.38. The first-order valence-corrected chi connectivity index (χ1v) is 8.61. The number of benzene rings is 1. The second-order valence-corrected chi connectivity index (χ2v) is 6.75. The lowest BCUT2D eigenvalue weighted by atomic mass is 10.1. The molecule has 2 aromatic heterocycles. The Hall–Kier alpha value is -3.40. The number of hydrogen-bond acceptors (Lipinski definition) is 5. The number of nitrogens with one attached hydrogen (secondary N) is 1. The van der Waals surface area contributed by atoms with Crippen LogP contribution in [0.25, 0.3) is 11.0 Å². The minimum absolute atomic E-state index is 0.0521. The summed E-state index contributed by atoms with van der Waals surface area (Å²) in [5.41, 5.74) is 1.75. The summed E-state index contributed by atoms with van der Waals surface area (Å²) < 4.78 is 0. The molecule has 2 aliphatic rings. The first kappa shape index (κ1) is 14.9. The van der Waals surface area contributed by atoms with Crippen LogP contribution in [0.4, 0.5) is 5.82 Å². The van der Waals surface area contributed by atoms with Crippen molar-refractivity contribution in [3.8, 4) is 6.07 Å². The van der Waals surface area contributed by atoms with Gasteiger partial charge in [-0.25, -0.2) is 9.97 Å². The Labute approximate surface area is 149 Å². The van der Waals surface area contributed by atoms with E-state index in [2.05, 4.69) is 25.9 Å². The minimum Gasteiger partial charge on any atom is -0.349 e. The lowest BCUT2D eigenvalue weighted by Crippen LogP contribution is -2.49. The number of aromatic amines is 1. The fourth-order valence-corrected chi connectivity index (χ4v) is 4.18. The molecule has 2 atom stereocenters. The Morgan fingerprint density at radius 1 is 1.19 bits per heavy atom. The molecule has 0 saturated carbocycles. The van der Waals surface area contributed by atoms with Gasteiger partial charge in [-0.05, 0) is 24.6 Å². The largest absolute Gasteiger partial charge is 0.349 e. The second-order valence-electron chi connectivity index (χ2n) is 6.75. The Bertz CT molecular complexity index is 1050.